The minimum Gasteiger partial charge on any atom is -0.451 e. The van der Waals surface area contributed by atoms with Crippen molar-refractivity contribution in [2.75, 3.05) is 13.1 Å². The molecule has 23 heavy (non-hydrogen) atoms. The summed E-state index contributed by atoms with van der Waals surface area (Å²) >= 11 is 3.37. The van der Waals surface area contributed by atoms with Crippen LogP contribution in [0.3, 0.4) is 0 Å². The number of hydrogen-bond donors (Lipinski definition) is 0. The van der Waals surface area contributed by atoms with Crippen LogP contribution in [0, 0.1) is 0 Å². The van der Waals surface area contributed by atoms with Crippen molar-refractivity contribution in [3.8, 4) is 5.75 Å². The van der Waals surface area contributed by atoms with Gasteiger partial charge < -0.3 is 14.4 Å². The summed E-state index contributed by atoms with van der Waals surface area (Å²) in [5.74, 6) is 0.625. The Balaban J connectivity index is 2.61. The smallest absolute Gasteiger partial charge is 0.413 e. The van der Waals surface area contributed by atoms with E-state index in [9.17, 15) is 4.79 Å². The molecule has 0 spiro atoms. The number of hydrogen-bond acceptors (Lipinski definition) is 3. The van der Waals surface area contributed by atoms with Crippen LogP contribution >= 0.6 is 15.9 Å². The van der Waals surface area contributed by atoms with Crippen LogP contribution in [0.5, 0.6) is 5.75 Å². The third-order valence-corrected chi connectivity index (χ3v) is 3.83. The van der Waals surface area contributed by atoms with E-state index in [1.54, 1.807) is 17.0 Å². The molecule has 1 unspecified atom stereocenters. The van der Waals surface area contributed by atoms with E-state index in [-0.39, 0.29) is 6.09 Å². The first kappa shape index (κ1) is 19.6. The van der Waals surface area contributed by atoms with E-state index < -0.39 is 6.29 Å². The van der Waals surface area contributed by atoms with Crippen LogP contribution in [0.25, 0.3) is 0 Å². The van der Waals surface area contributed by atoms with E-state index in [0.717, 1.165) is 30.2 Å². The van der Waals surface area contributed by atoms with Gasteiger partial charge in [0.15, 0.2) is 0 Å². The van der Waals surface area contributed by atoms with Crippen molar-refractivity contribution >= 4 is 22.0 Å². The fraction of sp³-hybridized carbons (Fsp3) is 0.500. The lowest BCUT2D eigenvalue weighted by atomic mass is 10.3. The van der Waals surface area contributed by atoms with Gasteiger partial charge in [0.1, 0.15) is 5.75 Å². The number of unbranched alkanes of at least 4 members (excludes halogenated alkanes) is 2. The molecule has 4 nitrogen and oxygen atoms in total. The van der Waals surface area contributed by atoms with Crippen molar-refractivity contribution < 1.29 is 14.3 Å². The van der Waals surface area contributed by atoms with E-state index in [4.69, 9.17) is 9.47 Å². The summed E-state index contributed by atoms with van der Waals surface area (Å²) in [6.07, 6.45) is 4.34. The zero-order valence-electron chi connectivity index (χ0n) is 14.0. The number of amides is 1. The first-order chi connectivity index (χ1) is 11.1. The summed E-state index contributed by atoms with van der Waals surface area (Å²) in [6, 6.07) is 7.35. The Hall–Kier alpha value is -1.49. The highest BCUT2D eigenvalue weighted by Crippen LogP contribution is 2.18. The van der Waals surface area contributed by atoms with Crippen molar-refractivity contribution in [3.63, 3.8) is 0 Å². The lowest BCUT2D eigenvalue weighted by Gasteiger charge is -2.24. The summed E-state index contributed by atoms with van der Waals surface area (Å²) in [7, 11) is 0. The Kier molecular flexibility index (Phi) is 9.45. The van der Waals surface area contributed by atoms with Gasteiger partial charge in [0, 0.05) is 17.6 Å². The van der Waals surface area contributed by atoms with Gasteiger partial charge in [0.25, 0.3) is 6.29 Å². The fourth-order valence-corrected chi connectivity index (χ4v) is 2.20. The molecule has 0 saturated carbocycles. The van der Waals surface area contributed by atoms with E-state index in [2.05, 4.69) is 36.4 Å². The summed E-state index contributed by atoms with van der Waals surface area (Å²) in [6.45, 7) is 9.30. The molecule has 1 amide bonds. The lowest BCUT2D eigenvalue weighted by Crippen LogP contribution is -2.36. The van der Waals surface area contributed by atoms with Gasteiger partial charge in [-0.25, -0.2) is 4.79 Å². The molecule has 0 aliphatic rings. The molecule has 0 aliphatic carbocycles. The van der Waals surface area contributed by atoms with Crippen LogP contribution in [-0.2, 0) is 4.74 Å². The predicted molar refractivity (Wildman–Crippen MR) is 96.6 cm³/mol. The second kappa shape index (κ2) is 11.1. The first-order valence-electron chi connectivity index (χ1n) is 8.11. The molecule has 0 saturated heterocycles. The van der Waals surface area contributed by atoms with Gasteiger partial charge in [0.2, 0.25) is 0 Å². The largest absolute Gasteiger partial charge is 0.451 e. The molecule has 0 heterocycles. The van der Waals surface area contributed by atoms with E-state index in [1.165, 1.54) is 6.08 Å². The Morgan fingerprint density at radius 3 is 2.26 bits per heavy atom. The molecule has 0 bridgehead atoms. The fourth-order valence-electron chi connectivity index (χ4n) is 1.93. The van der Waals surface area contributed by atoms with Crippen LogP contribution in [0.1, 0.15) is 39.5 Å². The summed E-state index contributed by atoms with van der Waals surface area (Å²) in [5.41, 5.74) is 0. The minimum atomic E-state index is -0.797. The monoisotopic (exact) mass is 383 g/mol. The molecule has 0 aromatic heterocycles. The van der Waals surface area contributed by atoms with Gasteiger partial charge in [-0.05, 0) is 43.2 Å². The number of nitrogens with zero attached hydrogens (tertiary/aromatic N) is 1. The molecule has 1 aromatic rings. The van der Waals surface area contributed by atoms with Gasteiger partial charge in [-0.1, -0.05) is 49.2 Å². The molecule has 0 N–H and O–H groups in total. The number of rotatable bonds is 10. The standard InChI is InChI=1S/C18H26BrNO3/c1-4-7-13-20(14-8-5-2)18(21)23-17(6-3)22-16-11-9-15(19)10-12-16/h6,9-12,17H,3-5,7-8,13-14H2,1-2H3. The molecule has 1 atom stereocenters. The Morgan fingerprint density at radius 2 is 1.78 bits per heavy atom. The van der Waals surface area contributed by atoms with Crippen molar-refractivity contribution in [1.82, 2.24) is 4.90 Å². The van der Waals surface area contributed by atoms with Crippen molar-refractivity contribution in [2.45, 2.75) is 45.8 Å². The number of benzene rings is 1. The molecule has 1 rings (SSSR count). The number of halogens is 1. The quantitative estimate of drug-likeness (QED) is 0.402. The van der Waals surface area contributed by atoms with E-state index in [1.807, 2.05) is 12.1 Å². The highest BCUT2D eigenvalue weighted by Gasteiger charge is 2.18. The van der Waals surface area contributed by atoms with E-state index in [0.29, 0.717) is 18.8 Å². The molecule has 0 aliphatic heterocycles. The third kappa shape index (κ3) is 7.55. The minimum absolute atomic E-state index is 0.353. The van der Waals surface area contributed by atoms with Crippen LogP contribution in [0.4, 0.5) is 4.79 Å². The molecule has 1 aromatic carbocycles. The van der Waals surface area contributed by atoms with Crippen LogP contribution < -0.4 is 4.74 Å². The van der Waals surface area contributed by atoms with Gasteiger partial charge in [0.05, 0.1) is 0 Å². The van der Waals surface area contributed by atoms with Crippen molar-refractivity contribution in [3.05, 3.63) is 41.4 Å². The SMILES string of the molecule is C=CC(OC(=O)N(CCCC)CCCC)Oc1ccc(Br)cc1. The van der Waals surface area contributed by atoms with Crippen molar-refractivity contribution in [1.29, 1.82) is 0 Å². The van der Waals surface area contributed by atoms with Gasteiger partial charge in [-0.2, -0.15) is 0 Å². The normalized spacial score (nSPS) is 11.6. The molecule has 128 valence electrons. The van der Waals surface area contributed by atoms with Gasteiger partial charge in [-0.15, -0.1) is 0 Å². The molecule has 0 fully saturated rings. The zero-order valence-corrected chi connectivity index (χ0v) is 15.5. The molecular weight excluding hydrogens is 358 g/mol. The predicted octanol–water partition coefficient (Wildman–Crippen LogP) is 5.38. The lowest BCUT2D eigenvalue weighted by molar-refractivity contribution is -0.0149. The van der Waals surface area contributed by atoms with Crippen LogP contribution in [-0.4, -0.2) is 30.4 Å². The topological polar surface area (TPSA) is 38.8 Å². The molecular formula is C18H26BrNO3. The maximum Gasteiger partial charge on any atom is 0.413 e. The number of carbonyl (C=O) groups is 1. The molecule has 5 heteroatoms. The Labute approximate surface area is 147 Å². The number of carbonyl (C=O) groups excluding carboxylic acids is 1. The third-order valence-electron chi connectivity index (χ3n) is 3.30. The Morgan fingerprint density at radius 1 is 1.22 bits per heavy atom. The second-order valence-corrected chi connectivity index (χ2v) is 6.17. The number of ether oxygens (including phenoxy) is 2. The maximum atomic E-state index is 12.3. The zero-order chi connectivity index (χ0) is 17.1. The van der Waals surface area contributed by atoms with Crippen molar-refractivity contribution in [2.24, 2.45) is 0 Å². The molecule has 0 radical (unpaired) electrons. The highest BCUT2D eigenvalue weighted by atomic mass is 79.9. The second-order valence-electron chi connectivity index (χ2n) is 5.25. The summed E-state index contributed by atoms with van der Waals surface area (Å²) in [4.78, 5) is 14.1. The maximum absolute atomic E-state index is 12.3. The average Bonchev–Trinajstić information content (AvgIpc) is 2.56. The summed E-state index contributed by atoms with van der Waals surface area (Å²) < 4.78 is 12.0. The summed E-state index contributed by atoms with van der Waals surface area (Å²) in [5, 5.41) is 0. The van der Waals surface area contributed by atoms with Crippen LogP contribution in [0.15, 0.2) is 41.4 Å². The average molecular weight is 384 g/mol. The van der Waals surface area contributed by atoms with Gasteiger partial charge >= 0.3 is 6.09 Å². The van der Waals surface area contributed by atoms with E-state index >= 15 is 0 Å². The first-order valence-corrected chi connectivity index (χ1v) is 8.90. The highest BCUT2D eigenvalue weighted by molar-refractivity contribution is 9.10. The Bertz CT molecular complexity index is 468. The van der Waals surface area contributed by atoms with Gasteiger partial charge in [-0.3, -0.25) is 0 Å². The van der Waals surface area contributed by atoms with Crippen LogP contribution in [0.2, 0.25) is 0 Å².